The molecule has 0 spiro atoms. The minimum Gasteiger partial charge on any atom is -0.505 e. The Morgan fingerprint density at radius 2 is 1.50 bits per heavy atom. The lowest BCUT2D eigenvalue weighted by atomic mass is 10.0. The van der Waals surface area contributed by atoms with E-state index in [1.165, 1.54) is 18.3 Å². The molecule has 0 aromatic heterocycles. The molecule has 26 heavy (non-hydrogen) atoms. The van der Waals surface area contributed by atoms with E-state index in [2.05, 4.69) is 10.2 Å². The van der Waals surface area contributed by atoms with Gasteiger partial charge in [-0.3, -0.25) is 4.79 Å². The summed E-state index contributed by atoms with van der Waals surface area (Å²) in [7, 11) is 0. The number of ketones is 1. The Bertz CT molecular complexity index is 965. The molecule has 0 heterocycles. The Kier molecular flexibility index (Phi) is 5.19. The maximum absolute atomic E-state index is 12.5. The third-order valence-electron chi connectivity index (χ3n) is 3.70. The topological polar surface area (TPSA) is 82.2 Å². The third-order valence-corrected chi connectivity index (χ3v) is 3.70. The molecule has 3 aromatic carbocycles. The second kappa shape index (κ2) is 7.90. The fourth-order valence-electron chi connectivity index (χ4n) is 2.37. The first-order chi connectivity index (χ1) is 12.7. The fourth-order valence-corrected chi connectivity index (χ4v) is 2.37. The van der Waals surface area contributed by atoms with Crippen molar-refractivity contribution in [2.75, 3.05) is 0 Å². The van der Waals surface area contributed by atoms with Crippen LogP contribution in [-0.2, 0) is 0 Å². The summed E-state index contributed by atoms with van der Waals surface area (Å²) in [5.41, 5.74) is 1.27. The summed E-state index contributed by atoms with van der Waals surface area (Å²) in [6, 6.07) is 20.7. The standard InChI is InChI=1S/C21H16N2O3/c24-18-12-11-17(20(25)16-9-5-2-6-10-16)21(26)19(18)23-22-14-13-15-7-3-1-4-8-15/h1-14,24,26H. The minimum absolute atomic E-state index is 0.0509. The van der Waals surface area contributed by atoms with Crippen LogP contribution in [-0.4, -0.2) is 16.0 Å². The number of carbonyl (C=O) groups excluding carboxylic acids is 1. The van der Waals surface area contributed by atoms with Crippen molar-refractivity contribution in [2.24, 2.45) is 10.2 Å². The van der Waals surface area contributed by atoms with E-state index in [0.717, 1.165) is 5.56 Å². The van der Waals surface area contributed by atoms with E-state index in [0.29, 0.717) is 5.56 Å². The van der Waals surface area contributed by atoms with Gasteiger partial charge in [0.1, 0.15) is 5.75 Å². The van der Waals surface area contributed by atoms with Gasteiger partial charge in [0.15, 0.2) is 17.2 Å². The van der Waals surface area contributed by atoms with Crippen LogP contribution >= 0.6 is 0 Å². The maximum Gasteiger partial charge on any atom is 0.196 e. The second-order valence-electron chi connectivity index (χ2n) is 5.47. The highest BCUT2D eigenvalue weighted by Crippen LogP contribution is 2.39. The van der Waals surface area contributed by atoms with Gasteiger partial charge in [-0.1, -0.05) is 60.7 Å². The van der Waals surface area contributed by atoms with Gasteiger partial charge in [0.2, 0.25) is 0 Å². The van der Waals surface area contributed by atoms with Crippen molar-refractivity contribution in [1.82, 2.24) is 0 Å². The highest BCUT2D eigenvalue weighted by atomic mass is 16.3. The monoisotopic (exact) mass is 344 g/mol. The van der Waals surface area contributed by atoms with Crippen LogP contribution in [0.2, 0.25) is 0 Å². The van der Waals surface area contributed by atoms with Crippen LogP contribution in [0.25, 0.3) is 6.08 Å². The molecule has 0 fully saturated rings. The molecular weight excluding hydrogens is 328 g/mol. The molecular formula is C21H16N2O3. The van der Waals surface area contributed by atoms with Crippen LogP contribution < -0.4 is 0 Å². The van der Waals surface area contributed by atoms with Gasteiger partial charge in [-0.15, -0.1) is 5.11 Å². The lowest BCUT2D eigenvalue weighted by Crippen LogP contribution is -2.01. The molecule has 0 amide bonds. The molecule has 0 aliphatic rings. The Morgan fingerprint density at radius 1 is 0.846 bits per heavy atom. The van der Waals surface area contributed by atoms with Crippen molar-refractivity contribution in [2.45, 2.75) is 0 Å². The predicted octanol–water partition coefficient (Wildman–Crippen LogP) is 5.08. The summed E-state index contributed by atoms with van der Waals surface area (Å²) in [5, 5.41) is 28.0. The number of azo groups is 1. The average Bonchev–Trinajstić information content (AvgIpc) is 2.68. The van der Waals surface area contributed by atoms with Crippen molar-refractivity contribution in [1.29, 1.82) is 0 Å². The van der Waals surface area contributed by atoms with Gasteiger partial charge >= 0.3 is 0 Å². The number of phenols is 2. The number of rotatable bonds is 5. The van der Waals surface area contributed by atoms with Crippen LogP contribution in [0.5, 0.6) is 11.5 Å². The van der Waals surface area contributed by atoms with Crippen LogP contribution in [0.3, 0.4) is 0 Å². The Balaban J connectivity index is 1.87. The summed E-state index contributed by atoms with van der Waals surface area (Å²) < 4.78 is 0. The number of aromatic hydroxyl groups is 2. The molecule has 0 saturated heterocycles. The summed E-state index contributed by atoms with van der Waals surface area (Å²) in [6.07, 6.45) is 3.18. The highest BCUT2D eigenvalue weighted by Gasteiger charge is 2.18. The van der Waals surface area contributed by atoms with E-state index in [-0.39, 0.29) is 22.8 Å². The Morgan fingerprint density at radius 3 is 2.19 bits per heavy atom. The highest BCUT2D eigenvalue weighted by molar-refractivity contribution is 6.11. The fraction of sp³-hybridized carbons (Fsp3) is 0. The molecule has 0 aliphatic heterocycles. The molecule has 128 valence electrons. The van der Waals surface area contributed by atoms with E-state index < -0.39 is 5.75 Å². The summed E-state index contributed by atoms with van der Waals surface area (Å²) in [4.78, 5) is 12.5. The zero-order chi connectivity index (χ0) is 18.4. The zero-order valence-electron chi connectivity index (χ0n) is 13.8. The molecule has 0 saturated carbocycles. The summed E-state index contributed by atoms with van der Waals surface area (Å²) in [6.45, 7) is 0. The number of hydrogen-bond donors (Lipinski definition) is 2. The molecule has 3 aromatic rings. The molecule has 0 bridgehead atoms. The van der Waals surface area contributed by atoms with Gasteiger partial charge in [-0.05, 0) is 23.8 Å². The van der Waals surface area contributed by atoms with Crippen molar-refractivity contribution < 1.29 is 15.0 Å². The Hall–Kier alpha value is -3.73. The van der Waals surface area contributed by atoms with Gasteiger partial charge in [0.05, 0.1) is 11.8 Å². The van der Waals surface area contributed by atoms with Gasteiger partial charge in [0, 0.05) is 5.56 Å². The first kappa shape index (κ1) is 17.1. The quantitative estimate of drug-likeness (QED) is 0.500. The molecule has 2 N–H and O–H groups in total. The van der Waals surface area contributed by atoms with Crippen LogP contribution in [0, 0.1) is 0 Å². The van der Waals surface area contributed by atoms with Gasteiger partial charge in [-0.25, -0.2) is 0 Å². The number of nitrogens with zero attached hydrogens (tertiary/aromatic N) is 2. The van der Waals surface area contributed by atoms with Crippen LogP contribution in [0.15, 0.2) is 89.2 Å². The minimum atomic E-state index is -0.407. The van der Waals surface area contributed by atoms with Gasteiger partial charge < -0.3 is 10.2 Å². The molecule has 0 unspecified atom stereocenters. The number of benzene rings is 3. The van der Waals surface area contributed by atoms with Gasteiger partial charge in [-0.2, -0.15) is 5.11 Å². The molecule has 5 nitrogen and oxygen atoms in total. The van der Waals surface area contributed by atoms with Crippen molar-refractivity contribution in [3.05, 3.63) is 95.7 Å². The Labute approximate surface area is 150 Å². The lowest BCUT2D eigenvalue weighted by molar-refractivity contribution is 0.103. The largest absolute Gasteiger partial charge is 0.505 e. The summed E-state index contributed by atoms with van der Waals surface area (Å²) >= 11 is 0. The zero-order valence-corrected chi connectivity index (χ0v) is 13.8. The van der Waals surface area contributed by atoms with Crippen molar-refractivity contribution in [3.63, 3.8) is 0 Å². The van der Waals surface area contributed by atoms with Gasteiger partial charge in [0.25, 0.3) is 0 Å². The van der Waals surface area contributed by atoms with E-state index in [4.69, 9.17) is 0 Å². The van der Waals surface area contributed by atoms with E-state index in [9.17, 15) is 15.0 Å². The van der Waals surface area contributed by atoms with Crippen molar-refractivity contribution >= 4 is 17.5 Å². The first-order valence-electron chi connectivity index (χ1n) is 7.94. The van der Waals surface area contributed by atoms with Crippen molar-refractivity contribution in [3.8, 4) is 11.5 Å². The summed E-state index contributed by atoms with van der Waals surface area (Å²) in [5.74, 6) is -1.03. The predicted molar refractivity (Wildman–Crippen MR) is 99.6 cm³/mol. The number of phenolic OH excluding ortho intramolecular Hbond substituents is 2. The molecule has 0 aliphatic carbocycles. The normalized spacial score (nSPS) is 11.2. The van der Waals surface area contributed by atoms with Crippen LogP contribution in [0.4, 0.5) is 5.69 Å². The van der Waals surface area contributed by atoms with E-state index >= 15 is 0 Å². The van der Waals surface area contributed by atoms with Crippen LogP contribution in [0.1, 0.15) is 21.5 Å². The van der Waals surface area contributed by atoms with E-state index in [1.54, 1.807) is 36.4 Å². The SMILES string of the molecule is O=C(c1ccccc1)c1ccc(O)c(N=NC=Cc2ccccc2)c1O. The molecule has 0 radical (unpaired) electrons. The number of hydrogen-bond acceptors (Lipinski definition) is 5. The average molecular weight is 344 g/mol. The van der Waals surface area contributed by atoms with E-state index in [1.807, 2.05) is 30.3 Å². The third kappa shape index (κ3) is 3.84. The maximum atomic E-state index is 12.5. The second-order valence-corrected chi connectivity index (χ2v) is 5.47. The molecule has 3 rings (SSSR count). The molecule has 5 heteroatoms. The molecule has 0 atom stereocenters. The lowest BCUT2D eigenvalue weighted by Gasteiger charge is -2.07. The first-order valence-corrected chi connectivity index (χ1v) is 7.94. The number of carbonyl (C=O) groups is 1. The smallest absolute Gasteiger partial charge is 0.196 e.